The molecule has 0 saturated heterocycles. The summed E-state index contributed by atoms with van der Waals surface area (Å²) in [5.41, 5.74) is 2.47. The van der Waals surface area contributed by atoms with E-state index >= 15 is 0 Å². The minimum Gasteiger partial charge on any atom is -0.324 e. The van der Waals surface area contributed by atoms with Gasteiger partial charge in [0.2, 0.25) is 17.6 Å². The summed E-state index contributed by atoms with van der Waals surface area (Å²) in [5, 5.41) is 2.60. The maximum absolute atomic E-state index is 13.5. The summed E-state index contributed by atoms with van der Waals surface area (Å²) in [6.45, 7) is 3.13. The second-order valence-electron chi connectivity index (χ2n) is 7.91. The predicted molar refractivity (Wildman–Crippen MR) is 129 cm³/mol. The fraction of sp³-hybridized carbons (Fsp3) is 0.154. The Bertz CT molecular complexity index is 1450. The number of fused-ring (bicyclic) bond motifs is 1. The van der Waals surface area contributed by atoms with E-state index in [0.29, 0.717) is 11.0 Å². The van der Waals surface area contributed by atoms with E-state index in [4.69, 9.17) is 0 Å². The van der Waals surface area contributed by atoms with Crippen molar-refractivity contribution in [1.29, 1.82) is 0 Å². The Morgan fingerprint density at radius 1 is 1.03 bits per heavy atom. The van der Waals surface area contributed by atoms with Gasteiger partial charge in [-0.2, -0.15) is 0 Å². The third-order valence-corrected chi connectivity index (χ3v) is 5.47. The van der Waals surface area contributed by atoms with Crippen LogP contribution in [0.1, 0.15) is 18.1 Å². The van der Waals surface area contributed by atoms with Crippen molar-refractivity contribution in [2.45, 2.75) is 26.9 Å². The lowest BCUT2D eigenvalue weighted by molar-refractivity contribution is -0.117. The van der Waals surface area contributed by atoms with Crippen molar-refractivity contribution < 1.29 is 14.0 Å². The van der Waals surface area contributed by atoms with Gasteiger partial charge in [0.05, 0.1) is 17.6 Å². The Kier molecular flexibility index (Phi) is 6.49. The maximum atomic E-state index is 13.5. The molecule has 0 saturated carbocycles. The van der Waals surface area contributed by atoms with Gasteiger partial charge in [-0.15, -0.1) is 0 Å². The lowest BCUT2D eigenvalue weighted by Gasteiger charge is -2.22. The monoisotopic (exact) mass is 458 g/mol. The van der Waals surface area contributed by atoms with Crippen molar-refractivity contribution in [1.82, 2.24) is 9.55 Å². The average molecular weight is 458 g/mol. The number of halogens is 1. The zero-order valence-corrected chi connectivity index (χ0v) is 18.8. The zero-order chi connectivity index (χ0) is 24.2. The highest BCUT2D eigenvalue weighted by molar-refractivity contribution is 5.93. The van der Waals surface area contributed by atoms with Crippen LogP contribution in [0.4, 0.5) is 15.9 Å². The molecule has 0 aliphatic heterocycles. The fourth-order valence-corrected chi connectivity index (χ4v) is 3.72. The quantitative estimate of drug-likeness (QED) is 0.473. The number of nitrogens with one attached hydrogen (secondary N) is 1. The molecule has 8 heteroatoms. The number of para-hydroxylation sites is 2. The number of nitrogens with zero attached hydrogens (tertiary/aromatic N) is 3. The van der Waals surface area contributed by atoms with E-state index < -0.39 is 17.3 Å². The van der Waals surface area contributed by atoms with Crippen LogP contribution in [0.25, 0.3) is 11.0 Å². The first-order chi connectivity index (χ1) is 16.3. The van der Waals surface area contributed by atoms with E-state index in [2.05, 4.69) is 10.3 Å². The summed E-state index contributed by atoms with van der Waals surface area (Å²) in [6.07, 6.45) is 0. The van der Waals surface area contributed by atoms with Gasteiger partial charge in [-0.1, -0.05) is 42.5 Å². The molecule has 34 heavy (non-hydrogen) atoms. The van der Waals surface area contributed by atoms with Crippen LogP contribution in [-0.2, 0) is 22.7 Å². The largest absolute Gasteiger partial charge is 0.324 e. The minimum atomic E-state index is -0.572. The number of hydrogen-bond donors (Lipinski definition) is 1. The molecule has 7 nitrogen and oxygen atoms in total. The van der Waals surface area contributed by atoms with Crippen LogP contribution in [0.15, 0.2) is 77.6 Å². The van der Waals surface area contributed by atoms with Crippen LogP contribution in [0.2, 0.25) is 0 Å². The third-order valence-electron chi connectivity index (χ3n) is 5.47. The summed E-state index contributed by atoms with van der Waals surface area (Å²) >= 11 is 0. The van der Waals surface area contributed by atoms with Gasteiger partial charge in [-0.25, -0.2) is 9.37 Å². The van der Waals surface area contributed by atoms with Crippen molar-refractivity contribution in [3.63, 3.8) is 0 Å². The normalized spacial score (nSPS) is 10.8. The molecule has 2 amide bonds. The number of carbonyl (C=O) groups is 2. The number of benzene rings is 3. The van der Waals surface area contributed by atoms with Gasteiger partial charge in [0.25, 0.3) is 5.56 Å². The lowest BCUT2D eigenvalue weighted by Crippen LogP contribution is -2.38. The molecule has 1 aromatic heterocycles. The lowest BCUT2D eigenvalue weighted by atomic mass is 10.1. The van der Waals surface area contributed by atoms with Crippen LogP contribution >= 0.6 is 0 Å². The van der Waals surface area contributed by atoms with E-state index in [1.54, 1.807) is 30.3 Å². The van der Waals surface area contributed by atoms with Gasteiger partial charge in [0.1, 0.15) is 12.4 Å². The smallest absolute Gasteiger partial charge is 0.294 e. The van der Waals surface area contributed by atoms with Crippen molar-refractivity contribution in [3.05, 3.63) is 100 Å². The molecule has 0 radical (unpaired) electrons. The van der Waals surface area contributed by atoms with E-state index in [1.807, 2.05) is 31.2 Å². The van der Waals surface area contributed by atoms with Crippen LogP contribution in [-0.4, -0.2) is 21.4 Å². The highest BCUT2D eigenvalue weighted by Crippen LogP contribution is 2.19. The SMILES string of the molecule is CC(=O)N(Cc1ccccc1C)c1nc2ccccc2n(CC(=O)Nc2cccc(F)c2)c1=O. The molecule has 0 atom stereocenters. The highest BCUT2D eigenvalue weighted by atomic mass is 19.1. The molecule has 0 fully saturated rings. The molecule has 172 valence electrons. The van der Waals surface area contributed by atoms with Gasteiger partial charge in [0, 0.05) is 12.6 Å². The van der Waals surface area contributed by atoms with Crippen molar-refractivity contribution in [2.24, 2.45) is 0 Å². The molecule has 4 rings (SSSR count). The molecule has 0 aliphatic carbocycles. The van der Waals surface area contributed by atoms with Crippen LogP contribution in [0.5, 0.6) is 0 Å². The topological polar surface area (TPSA) is 84.3 Å². The summed E-state index contributed by atoms with van der Waals surface area (Å²) < 4.78 is 14.8. The average Bonchev–Trinajstić information content (AvgIpc) is 2.80. The highest BCUT2D eigenvalue weighted by Gasteiger charge is 2.22. The van der Waals surface area contributed by atoms with E-state index in [9.17, 15) is 18.8 Å². The zero-order valence-electron chi connectivity index (χ0n) is 18.8. The molecule has 1 heterocycles. The van der Waals surface area contributed by atoms with Crippen molar-refractivity contribution in [2.75, 3.05) is 10.2 Å². The van der Waals surface area contributed by atoms with Gasteiger partial charge in [-0.05, 0) is 48.4 Å². The van der Waals surface area contributed by atoms with E-state index in [0.717, 1.165) is 11.1 Å². The Morgan fingerprint density at radius 2 is 1.76 bits per heavy atom. The first kappa shape index (κ1) is 22.8. The molecular formula is C26H23FN4O3. The summed E-state index contributed by atoms with van der Waals surface area (Å²) in [5.74, 6) is -1.41. The predicted octanol–water partition coefficient (Wildman–Crippen LogP) is 4.04. The molecule has 0 unspecified atom stereocenters. The number of carbonyl (C=O) groups excluding carboxylic acids is 2. The van der Waals surface area contributed by atoms with Crippen LogP contribution in [0, 0.1) is 12.7 Å². The molecule has 4 aromatic rings. The summed E-state index contributed by atoms with van der Waals surface area (Å²) in [6, 6.07) is 20.0. The number of amides is 2. The van der Waals surface area contributed by atoms with Gasteiger partial charge < -0.3 is 5.32 Å². The molecule has 3 aromatic carbocycles. The molecule has 0 spiro atoms. The van der Waals surface area contributed by atoms with E-state index in [1.165, 1.54) is 34.6 Å². The fourth-order valence-electron chi connectivity index (χ4n) is 3.72. The second-order valence-corrected chi connectivity index (χ2v) is 7.91. The minimum absolute atomic E-state index is 0.0620. The van der Waals surface area contributed by atoms with Crippen molar-refractivity contribution >= 4 is 34.4 Å². The van der Waals surface area contributed by atoms with Gasteiger partial charge in [-0.3, -0.25) is 23.9 Å². The third kappa shape index (κ3) is 4.85. The van der Waals surface area contributed by atoms with Gasteiger partial charge in [0.15, 0.2) is 0 Å². The Labute approximate surface area is 195 Å². The Balaban J connectivity index is 1.75. The molecule has 1 N–H and O–H groups in total. The number of aryl methyl sites for hydroxylation is 1. The number of anilines is 2. The molecule has 0 aliphatic rings. The number of hydrogen-bond acceptors (Lipinski definition) is 4. The molecular weight excluding hydrogens is 435 g/mol. The standard InChI is InChI=1S/C26H23FN4O3/c1-17-8-3-4-9-19(17)15-30(18(2)32)25-26(34)31(23-13-6-5-12-22(23)29-25)16-24(33)28-21-11-7-10-20(27)14-21/h3-14H,15-16H2,1-2H3,(H,28,33). The summed E-state index contributed by atoms with van der Waals surface area (Å²) in [4.78, 5) is 44.6. The Morgan fingerprint density at radius 3 is 2.50 bits per heavy atom. The van der Waals surface area contributed by atoms with Crippen molar-refractivity contribution in [3.8, 4) is 0 Å². The summed E-state index contributed by atoms with van der Waals surface area (Å²) in [7, 11) is 0. The maximum Gasteiger partial charge on any atom is 0.294 e. The molecule has 0 bridgehead atoms. The number of aromatic nitrogens is 2. The first-order valence-electron chi connectivity index (χ1n) is 10.7. The second kappa shape index (κ2) is 9.66. The number of rotatable bonds is 6. The van der Waals surface area contributed by atoms with E-state index in [-0.39, 0.29) is 30.5 Å². The van der Waals surface area contributed by atoms with Gasteiger partial charge >= 0.3 is 0 Å². The first-order valence-corrected chi connectivity index (χ1v) is 10.7. The van der Waals surface area contributed by atoms with Crippen LogP contribution < -0.4 is 15.8 Å². The Hall–Kier alpha value is -4.33. The van der Waals surface area contributed by atoms with Crippen LogP contribution in [0.3, 0.4) is 0 Å².